The topological polar surface area (TPSA) is 107 Å². The average molecular weight is 364 g/mol. The van der Waals surface area contributed by atoms with Crippen molar-refractivity contribution < 1.29 is 41.9 Å². The minimum Gasteiger partial charge on any atom is -0.454 e. The van der Waals surface area contributed by atoms with Gasteiger partial charge in [0.05, 0.1) is 5.54 Å². The highest BCUT2D eigenvalue weighted by Crippen LogP contribution is 2.33. The van der Waals surface area contributed by atoms with Crippen molar-refractivity contribution in [2.75, 3.05) is 21.3 Å². The van der Waals surface area contributed by atoms with Crippen LogP contribution in [0.2, 0.25) is 5.54 Å². The second-order valence-electron chi connectivity index (χ2n) is 4.64. The Morgan fingerprint density at radius 1 is 0.833 bits per heavy atom. The number of hydrogen-bond donors (Lipinski definition) is 0. The summed E-state index contributed by atoms with van der Waals surface area (Å²) in [6.07, 6.45) is -1.41. The van der Waals surface area contributed by atoms with Gasteiger partial charge in [-0.3, -0.25) is 14.4 Å². The molecule has 0 N–H and O–H groups in total. The molecule has 0 aliphatic carbocycles. The normalized spacial score (nSPS) is 13.8. The van der Waals surface area contributed by atoms with E-state index in [1.165, 1.54) is 27.4 Å². The van der Waals surface area contributed by atoms with Crippen LogP contribution in [-0.2, 0) is 41.9 Å². The van der Waals surface area contributed by atoms with Crippen LogP contribution >= 0.6 is 0 Å². The monoisotopic (exact) mass is 364 g/mol. The van der Waals surface area contributed by atoms with Gasteiger partial charge in [0.15, 0.2) is 6.10 Å². The maximum absolute atomic E-state index is 11.5. The summed E-state index contributed by atoms with van der Waals surface area (Å²) >= 11 is 0. The van der Waals surface area contributed by atoms with E-state index in [1.54, 1.807) is 0 Å². The third-order valence-electron chi connectivity index (χ3n) is 3.00. The summed E-state index contributed by atoms with van der Waals surface area (Å²) in [6.45, 7) is 7.06. The van der Waals surface area contributed by atoms with Crippen molar-refractivity contribution in [3.8, 4) is 0 Å². The van der Waals surface area contributed by atoms with Crippen molar-refractivity contribution in [1.82, 2.24) is 0 Å². The van der Waals surface area contributed by atoms with Gasteiger partial charge in [-0.05, 0) is 0 Å². The third kappa shape index (κ3) is 6.04. The van der Waals surface area contributed by atoms with Crippen LogP contribution in [0.15, 0.2) is 12.7 Å². The Bertz CT molecular complexity index is 437. The van der Waals surface area contributed by atoms with Crippen LogP contribution in [0.4, 0.5) is 0 Å². The summed E-state index contributed by atoms with van der Waals surface area (Å²) in [6, 6.07) is 0. The van der Waals surface area contributed by atoms with Crippen LogP contribution < -0.4 is 0 Å². The zero-order valence-electron chi connectivity index (χ0n) is 14.7. The van der Waals surface area contributed by atoms with Crippen molar-refractivity contribution >= 4 is 26.7 Å². The van der Waals surface area contributed by atoms with E-state index < -0.39 is 44.6 Å². The van der Waals surface area contributed by atoms with Crippen LogP contribution in [0.25, 0.3) is 0 Å². The molecule has 0 aromatic rings. The molecule has 0 aliphatic rings. The van der Waals surface area contributed by atoms with Gasteiger partial charge in [0.2, 0.25) is 0 Å². The van der Waals surface area contributed by atoms with Gasteiger partial charge in [0.1, 0.15) is 0 Å². The fourth-order valence-electron chi connectivity index (χ4n) is 2.11. The number of esters is 3. The Balaban J connectivity index is 5.96. The van der Waals surface area contributed by atoms with Gasteiger partial charge in [-0.1, -0.05) is 6.08 Å². The highest BCUT2D eigenvalue weighted by Gasteiger charge is 2.54. The SMILES string of the molecule is C=CC(C(OC(C)=O)C(OC(C)=O)OC(C)=O)[Si](OC)(OC)OC. The van der Waals surface area contributed by atoms with Crippen LogP contribution in [0.1, 0.15) is 20.8 Å². The number of carbonyl (C=O) groups is 3. The standard InChI is InChI=1S/C14H24O9Si/c1-8-12(24(18-5,19-6)20-7)13(21-9(2)15)14(22-10(3)16)23-11(4)17/h8,12-14H,1H2,2-7H3. The minimum absolute atomic E-state index is 0.692. The molecule has 0 bridgehead atoms. The minimum atomic E-state index is -3.42. The van der Waals surface area contributed by atoms with E-state index in [1.807, 2.05) is 0 Å². The smallest absolute Gasteiger partial charge is 0.454 e. The van der Waals surface area contributed by atoms with Gasteiger partial charge >= 0.3 is 26.7 Å². The summed E-state index contributed by atoms with van der Waals surface area (Å²) in [7, 11) is 0.644. The first-order valence-electron chi connectivity index (χ1n) is 6.97. The van der Waals surface area contributed by atoms with Crippen molar-refractivity contribution in [1.29, 1.82) is 0 Å². The highest BCUT2D eigenvalue weighted by atomic mass is 28.4. The summed E-state index contributed by atoms with van der Waals surface area (Å²) in [5.74, 6) is -2.16. The molecule has 138 valence electrons. The van der Waals surface area contributed by atoms with E-state index in [0.29, 0.717) is 0 Å². The predicted molar refractivity (Wildman–Crippen MR) is 83.6 cm³/mol. The number of carbonyl (C=O) groups excluding carboxylic acids is 3. The first kappa shape index (κ1) is 22.2. The van der Waals surface area contributed by atoms with Crippen LogP contribution in [-0.4, -0.2) is 60.4 Å². The molecule has 0 radical (unpaired) electrons. The molecule has 0 amide bonds. The second kappa shape index (κ2) is 10.2. The first-order valence-corrected chi connectivity index (χ1v) is 8.77. The van der Waals surface area contributed by atoms with E-state index in [4.69, 9.17) is 27.5 Å². The summed E-state index contributed by atoms with van der Waals surface area (Å²) < 4.78 is 31.3. The number of hydrogen-bond acceptors (Lipinski definition) is 9. The molecule has 0 aliphatic heterocycles. The molecule has 0 spiro atoms. The lowest BCUT2D eigenvalue weighted by molar-refractivity contribution is -0.212. The van der Waals surface area contributed by atoms with E-state index in [2.05, 4.69) is 6.58 Å². The molecule has 0 saturated heterocycles. The molecule has 9 nitrogen and oxygen atoms in total. The molecule has 0 aromatic heterocycles. The largest absolute Gasteiger partial charge is 0.511 e. The Kier molecular flexibility index (Phi) is 9.44. The Morgan fingerprint density at radius 3 is 1.46 bits per heavy atom. The van der Waals surface area contributed by atoms with Gasteiger partial charge < -0.3 is 27.5 Å². The van der Waals surface area contributed by atoms with Crippen LogP contribution in [0.3, 0.4) is 0 Å². The molecule has 10 heteroatoms. The number of ether oxygens (including phenoxy) is 3. The van der Waals surface area contributed by atoms with Crippen molar-refractivity contribution in [3.63, 3.8) is 0 Å². The van der Waals surface area contributed by atoms with Crippen molar-refractivity contribution in [3.05, 3.63) is 12.7 Å². The van der Waals surface area contributed by atoms with E-state index in [-0.39, 0.29) is 0 Å². The second-order valence-corrected chi connectivity index (χ2v) is 7.74. The fraction of sp³-hybridized carbons (Fsp3) is 0.643. The van der Waals surface area contributed by atoms with Crippen molar-refractivity contribution in [2.24, 2.45) is 0 Å². The first-order chi connectivity index (χ1) is 11.2. The van der Waals surface area contributed by atoms with E-state index in [9.17, 15) is 14.4 Å². The lowest BCUT2D eigenvalue weighted by atomic mass is 10.2. The molecule has 2 unspecified atom stereocenters. The fourth-order valence-corrected chi connectivity index (χ4v) is 4.35. The van der Waals surface area contributed by atoms with Gasteiger partial charge in [-0.15, -0.1) is 6.58 Å². The maximum Gasteiger partial charge on any atom is 0.511 e. The number of rotatable bonds is 10. The molecule has 0 heterocycles. The third-order valence-corrected chi connectivity index (χ3v) is 6.09. The van der Waals surface area contributed by atoms with Crippen LogP contribution in [0, 0.1) is 0 Å². The van der Waals surface area contributed by atoms with Gasteiger partial charge in [-0.2, -0.15) is 0 Å². The molecule has 0 aromatic carbocycles. The summed E-state index contributed by atoms with van der Waals surface area (Å²) in [5, 5.41) is 0. The Labute approximate surface area is 142 Å². The lowest BCUT2D eigenvalue weighted by Gasteiger charge is -2.37. The Hall–Kier alpha value is -1.75. The Morgan fingerprint density at radius 2 is 1.21 bits per heavy atom. The molecule has 24 heavy (non-hydrogen) atoms. The van der Waals surface area contributed by atoms with Gasteiger partial charge in [0.25, 0.3) is 6.29 Å². The van der Waals surface area contributed by atoms with Gasteiger partial charge in [-0.25, -0.2) is 0 Å². The maximum atomic E-state index is 11.5. The van der Waals surface area contributed by atoms with Crippen molar-refractivity contribution in [2.45, 2.75) is 38.7 Å². The van der Waals surface area contributed by atoms with Crippen LogP contribution in [0.5, 0.6) is 0 Å². The quantitative estimate of drug-likeness (QED) is 0.241. The predicted octanol–water partition coefficient (Wildman–Crippen LogP) is 0.805. The zero-order chi connectivity index (χ0) is 18.9. The summed E-state index contributed by atoms with van der Waals surface area (Å²) in [4.78, 5) is 34.2. The van der Waals surface area contributed by atoms with E-state index in [0.717, 1.165) is 20.8 Å². The van der Waals surface area contributed by atoms with Gasteiger partial charge in [0, 0.05) is 42.1 Å². The zero-order valence-corrected chi connectivity index (χ0v) is 15.7. The molecule has 0 saturated carbocycles. The average Bonchev–Trinajstić information content (AvgIpc) is 2.49. The highest BCUT2D eigenvalue weighted by molar-refractivity contribution is 6.63. The molecule has 2 atom stereocenters. The molecule has 0 fully saturated rings. The molecular weight excluding hydrogens is 340 g/mol. The summed E-state index contributed by atoms with van der Waals surface area (Å²) in [5.41, 5.74) is -0.870. The lowest BCUT2D eigenvalue weighted by Crippen LogP contribution is -2.55. The van der Waals surface area contributed by atoms with E-state index >= 15 is 0 Å². The molecule has 0 rings (SSSR count). The molecular formula is C14H24O9Si.